The molecule has 76 valence electrons. The molecule has 2 unspecified atom stereocenters. The highest BCUT2D eigenvalue weighted by molar-refractivity contribution is 5.15. The van der Waals surface area contributed by atoms with Gasteiger partial charge in [0, 0.05) is 6.54 Å². The zero-order valence-electron chi connectivity index (χ0n) is 9.48. The lowest BCUT2D eigenvalue weighted by Gasteiger charge is -2.09. The van der Waals surface area contributed by atoms with E-state index in [0.29, 0.717) is 5.41 Å². The third kappa shape index (κ3) is 2.34. The van der Waals surface area contributed by atoms with E-state index in [0.717, 1.165) is 12.5 Å². The molecule has 1 heteroatoms. The second-order valence-electron chi connectivity index (χ2n) is 4.88. The van der Waals surface area contributed by atoms with Gasteiger partial charge in [-0.25, -0.2) is 0 Å². The van der Waals surface area contributed by atoms with Crippen LogP contribution < -0.4 is 5.73 Å². The van der Waals surface area contributed by atoms with E-state index in [1.807, 2.05) is 0 Å². The molecule has 0 aromatic heterocycles. The van der Waals surface area contributed by atoms with Crippen LogP contribution in [-0.4, -0.2) is 6.54 Å². The lowest BCUT2D eigenvalue weighted by atomic mass is 9.97. The van der Waals surface area contributed by atoms with E-state index >= 15 is 0 Å². The number of rotatable bonds is 4. The summed E-state index contributed by atoms with van der Waals surface area (Å²) in [4.78, 5) is 0. The Bertz CT molecular complexity index is 217. The predicted octanol–water partition coefficient (Wildman–Crippen LogP) is 3.11. The minimum Gasteiger partial charge on any atom is -0.327 e. The molecule has 0 amide bonds. The maximum atomic E-state index is 5.61. The van der Waals surface area contributed by atoms with Crippen LogP contribution in [0.15, 0.2) is 11.1 Å². The predicted molar refractivity (Wildman–Crippen MR) is 58.6 cm³/mol. The van der Waals surface area contributed by atoms with Crippen molar-refractivity contribution in [3.63, 3.8) is 0 Å². The van der Waals surface area contributed by atoms with Crippen LogP contribution >= 0.6 is 0 Å². The number of allylic oxidation sites excluding steroid dienone is 1. The first kappa shape index (κ1) is 10.8. The Kier molecular flexibility index (Phi) is 3.18. The van der Waals surface area contributed by atoms with Crippen molar-refractivity contribution in [3.05, 3.63) is 11.1 Å². The highest BCUT2D eigenvalue weighted by Gasteiger charge is 2.47. The molecule has 0 bridgehead atoms. The van der Waals surface area contributed by atoms with Crippen molar-refractivity contribution < 1.29 is 0 Å². The SMILES string of the molecule is CCC1(C)CC1CC(C)=C(C)CN. The fourth-order valence-corrected chi connectivity index (χ4v) is 1.97. The largest absolute Gasteiger partial charge is 0.327 e. The van der Waals surface area contributed by atoms with E-state index in [1.54, 1.807) is 0 Å². The molecule has 0 radical (unpaired) electrons. The number of hydrogen-bond donors (Lipinski definition) is 1. The molecule has 0 heterocycles. The average Bonchev–Trinajstić information content (AvgIpc) is 2.76. The molecule has 0 saturated heterocycles. The van der Waals surface area contributed by atoms with Crippen LogP contribution in [0.5, 0.6) is 0 Å². The van der Waals surface area contributed by atoms with Gasteiger partial charge in [0.1, 0.15) is 0 Å². The van der Waals surface area contributed by atoms with Gasteiger partial charge in [0.25, 0.3) is 0 Å². The van der Waals surface area contributed by atoms with Gasteiger partial charge in [-0.15, -0.1) is 0 Å². The van der Waals surface area contributed by atoms with Gasteiger partial charge in [-0.1, -0.05) is 31.4 Å². The molecule has 1 aliphatic rings. The van der Waals surface area contributed by atoms with Crippen LogP contribution in [0.25, 0.3) is 0 Å². The highest BCUT2D eigenvalue weighted by Crippen LogP contribution is 2.57. The first-order valence-corrected chi connectivity index (χ1v) is 5.38. The van der Waals surface area contributed by atoms with Crippen molar-refractivity contribution in [1.29, 1.82) is 0 Å². The zero-order valence-corrected chi connectivity index (χ0v) is 9.48. The molecule has 0 aromatic rings. The Morgan fingerprint density at radius 3 is 2.38 bits per heavy atom. The summed E-state index contributed by atoms with van der Waals surface area (Å²) in [5.74, 6) is 0.930. The Morgan fingerprint density at radius 2 is 2.00 bits per heavy atom. The van der Waals surface area contributed by atoms with Gasteiger partial charge in [0.05, 0.1) is 0 Å². The summed E-state index contributed by atoms with van der Waals surface area (Å²) in [5, 5.41) is 0. The maximum absolute atomic E-state index is 5.61. The Labute approximate surface area is 82.4 Å². The van der Waals surface area contributed by atoms with Gasteiger partial charge < -0.3 is 5.73 Å². The minimum absolute atomic E-state index is 0.649. The first-order valence-electron chi connectivity index (χ1n) is 5.38. The quantitative estimate of drug-likeness (QED) is 0.663. The van der Waals surface area contributed by atoms with Crippen molar-refractivity contribution in [3.8, 4) is 0 Å². The van der Waals surface area contributed by atoms with Crippen molar-refractivity contribution >= 4 is 0 Å². The van der Waals surface area contributed by atoms with Crippen LogP contribution in [0.1, 0.15) is 47.0 Å². The summed E-state index contributed by atoms with van der Waals surface area (Å²) in [5.41, 5.74) is 9.16. The van der Waals surface area contributed by atoms with Crippen LogP contribution in [0.4, 0.5) is 0 Å². The van der Waals surface area contributed by atoms with Gasteiger partial charge in [0.15, 0.2) is 0 Å². The maximum Gasteiger partial charge on any atom is 0.0136 e. The lowest BCUT2D eigenvalue weighted by Crippen LogP contribution is -2.03. The monoisotopic (exact) mass is 181 g/mol. The molecule has 0 spiro atoms. The van der Waals surface area contributed by atoms with E-state index in [2.05, 4.69) is 27.7 Å². The Morgan fingerprint density at radius 1 is 1.38 bits per heavy atom. The van der Waals surface area contributed by atoms with Crippen LogP contribution in [0, 0.1) is 11.3 Å². The molecule has 0 aliphatic heterocycles. The molecule has 1 saturated carbocycles. The van der Waals surface area contributed by atoms with Crippen LogP contribution in [-0.2, 0) is 0 Å². The molecule has 1 fully saturated rings. The number of hydrogen-bond acceptors (Lipinski definition) is 1. The fraction of sp³-hybridized carbons (Fsp3) is 0.833. The first-order chi connectivity index (χ1) is 6.03. The topological polar surface area (TPSA) is 26.0 Å². The zero-order chi connectivity index (χ0) is 10.1. The van der Waals surface area contributed by atoms with Gasteiger partial charge in [-0.2, -0.15) is 0 Å². The summed E-state index contributed by atoms with van der Waals surface area (Å²) in [6.45, 7) is 9.82. The minimum atomic E-state index is 0.649. The molecule has 13 heavy (non-hydrogen) atoms. The van der Waals surface area contributed by atoms with Crippen molar-refractivity contribution in [2.45, 2.75) is 47.0 Å². The molecule has 1 nitrogen and oxygen atoms in total. The molecular weight excluding hydrogens is 158 g/mol. The summed E-state index contributed by atoms with van der Waals surface area (Å²) in [6, 6.07) is 0. The van der Waals surface area contributed by atoms with Gasteiger partial charge in [-0.3, -0.25) is 0 Å². The van der Waals surface area contributed by atoms with Gasteiger partial charge in [0.2, 0.25) is 0 Å². The lowest BCUT2D eigenvalue weighted by molar-refractivity contribution is 0.482. The number of nitrogens with two attached hydrogens (primary N) is 1. The third-order valence-electron chi connectivity index (χ3n) is 3.93. The molecule has 2 N–H and O–H groups in total. The second-order valence-corrected chi connectivity index (χ2v) is 4.88. The summed E-state index contributed by atoms with van der Waals surface area (Å²) >= 11 is 0. The molecule has 0 aromatic carbocycles. The Hall–Kier alpha value is -0.300. The van der Waals surface area contributed by atoms with Crippen molar-refractivity contribution in [2.24, 2.45) is 17.1 Å². The summed E-state index contributed by atoms with van der Waals surface area (Å²) < 4.78 is 0. The van der Waals surface area contributed by atoms with Crippen molar-refractivity contribution in [1.82, 2.24) is 0 Å². The second kappa shape index (κ2) is 3.83. The highest BCUT2D eigenvalue weighted by atomic mass is 14.5. The summed E-state index contributed by atoms with van der Waals surface area (Å²) in [6.07, 6.45) is 4.01. The molecule has 1 aliphatic carbocycles. The average molecular weight is 181 g/mol. The summed E-state index contributed by atoms with van der Waals surface area (Å²) in [7, 11) is 0. The van der Waals surface area contributed by atoms with E-state index in [-0.39, 0.29) is 0 Å². The van der Waals surface area contributed by atoms with Gasteiger partial charge in [-0.05, 0) is 38.0 Å². The van der Waals surface area contributed by atoms with E-state index in [9.17, 15) is 0 Å². The fourth-order valence-electron chi connectivity index (χ4n) is 1.97. The van der Waals surface area contributed by atoms with E-state index in [1.165, 1.54) is 30.4 Å². The standard InChI is InChI=1S/C12H23N/c1-5-12(4)7-11(12)6-9(2)10(3)8-13/h11H,5-8,13H2,1-4H3. The normalized spacial score (nSPS) is 34.4. The molecule has 2 atom stereocenters. The van der Waals surface area contributed by atoms with Gasteiger partial charge >= 0.3 is 0 Å². The van der Waals surface area contributed by atoms with Crippen molar-refractivity contribution in [2.75, 3.05) is 6.54 Å². The van der Waals surface area contributed by atoms with E-state index < -0.39 is 0 Å². The van der Waals surface area contributed by atoms with Crippen LogP contribution in [0.3, 0.4) is 0 Å². The van der Waals surface area contributed by atoms with E-state index in [4.69, 9.17) is 5.73 Å². The Balaban J connectivity index is 2.45. The third-order valence-corrected chi connectivity index (χ3v) is 3.93. The smallest absolute Gasteiger partial charge is 0.0136 e. The van der Waals surface area contributed by atoms with Crippen LogP contribution in [0.2, 0.25) is 0 Å². The molecular formula is C12H23N. The molecule has 1 rings (SSSR count).